The van der Waals surface area contributed by atoms with Crippen LogP contribution in [-0.2, 0) is 21.0 Å². The lowest BCUT2D eigenvalue weighted by Crippen LogP contribution is -2.35. The molecule has 146 valence electrons. The molecular weight excluding hydrogens is 411 g/mol. The molecule has 0 saturated carbocycles. The lowest BCUT2D eigenvalue weighted by Gasteiger charge is -2.23. The number of rotatable bonds is 6. The number of carbonyl (C=O) groups is 1. The molecule has 0 saturated heterocycles. The van der Waals surface area contributed by atoms with Gasteiger partial charge in [0.25, 0.3) is 10.0 Å². The minimum atomic E-state index is -4.61. The fourth-order valence-electron chi connectivity index (χ4n) is 2.19. The second-order valence-corrected chi connectivity index (χ2v) is 7.52. The topological polar surface area (TPSA) is 83.9 Å². The molecule has 0 aliphatic heterocycles. The summed E-state index contributed by atoms with van der Waals surface area (Å²) in [4.78, 5) is 10.8. The van der Waals surface area contributed by atoms with E-state index in [-0.39, 0.29) is 21.4 Å². The Kier molecular flexibility index (Phi) is 5.91. The van der Waals surface area contributed by atoms with Crippen molar-refractivity contribution in [3.05, 3.63) is 53.1 Å². The molecule has 2 aromatic rings. The van der Waals surface area contributed by atoms with Gasteiger partial charge in [0, 0.05) is 0 Å². The lowest BCUT2D eigenvalue weighted by atomic mass is 10.2. The summed E-state index contributed by atoms with van der Waals surface area (Å²) in [6.45, 7) is -0.989. The molecule has 1 N–H and O–H groups in total. The van der Waals surface area contributed by atoms with Gasteiger partial charge in [0.2, 0.25) is 0 Å². The maximum atomic E-state index is 12.8. The summed E-state index contributed by atoms with van der Waals surface area (Å²) in [6.07, 6.45) is -4.61. The molecular formula is C16H13ClF3NO5S. The minimum Gasteiger partial charge on any atom is -0.495 e. The number of hydrogen-bond acceptors (Lipinski definition) is 4. The van der Waals surface area contributed by atoms with Crippen LogP contribution < -0.4 is 9.04 Å². The molecule has 0 fully saturated rings. The van der Waals surface area contributed by atoms with Gasteiger partial charge in [-0.25, -0.2) is 8.42 Å². The molecule has 0 amide bonds. The first-order chi connectivity index (χ1) is 12.5. The number of alkyl halides is 3. The van der Waals surface area contributed by atoms with E-state index in [4.69, 9.17) is 21.4 Å². The lowest BCUT2D eigenvalue weighted by molar-refractivity contribution is -0.138. The van der Waals surface area contributed by atoms with E-state index >= 15 is 0 Å². The van der Waals surface area contributed by atoms with Crippen molar-refractivity contribution < 1.29 is 36.2 Å². The maximum absolute atomic E-state index is 12.8. The van der Waals surface area contributed by atoms with Crippen LogP contribution in [0.15, 0.2) is 47.4 Å². The maximum Gasteiger partial charge on any atom is 0.416 e. The first kappa shape index (κ1) is 20.8. The van der Waals surface area contributed by atoms with Crippen molar-refractivity contribution in [3.8, 4) is 5.75 Å². The molecule has 0 atom stereocenters. The van der Waals surface area contributed by atoms with Gasteiger partial charge in [-0.2, -0.15) is 13.2 Å². The van der Waals surface area contributed by atoms with Crippen LogP contribution in [0.1, 0.15) is 5.56 Å². The number of hydrogen-bond donors (Lipinski definition) is 1. The van der Waals surface area contributed by atoms with Gasteiger partial charge >= 0.3 is 12.1 Å². The standard InChI is InChI=1S/C16H13ClF3NO5S/c1-26-14-7-6-12(8-13(14)17)27(24,25)21(9-15(22)23)11-4-2-10(3-5-11)16(18,19)20/h2-8H,9H2,1H3,(H,22,23). The molecule has 0 aliphatic rings. The van der Waals surface area contributed by atoms with Crippen molar-refractivity contribution in [2.24, 2.45) is 0 Å². The summed E-state index contributed by atoms with van der Waals surface area (Å²) in [5, 5.41) is 9.02. The Morgan fingerprint density at radius 3 is 2.22 bits per heavy atom. The first-order valence-electron chi connectivity index (χ1n) is 7.22. The monoisotopic (exact) mass is 423 g/mol. The second kappa shape index (κ2) is 7.65. The quantitative estimate of drug-likeness (QED) is 0.766. The van der Waals surface area contributed by atoms with Crippen molar-refractivity contribution >= 4 is 33.3 Å². The molecule has 27 heavy (non-hydrogen) atoms. The predicted molar refractivity (Wildman–Crippen MR) is 91.6 cm³/mol. The molecule has 0 bridgehead atoms. The van der Waals surface area contributed by atoms with Crippen LogP contribution in [0.25, 0.3) is 0 Å². The number of nitrogens with zero attached hydrogens (tertiary/aromatic N) is 1. The third-order valence-electron chi connectivity index (χ3n) is 3.47. The predicted octanol–water partition coefficient (Wildman–Crippen LogP) is 3.65. The molecule has 0 radical (unpaired) electrons. The second-order valence-electron chi connectivity index (χ2n) is 5.25. The number of halogens is 4. The molecule has 0 spiro atoms. The fourth-order valence-corrected chi connectivity index (χ4v) is 3.95. The Labute approximate surface area is 157 Å². The summed E-state index contributed by atoms with van der Waals surface area (Å²) in [7, 11) is -3.09. The van der Waals surface area contributed by atoms with Crippen LogP contribution in [0.2, 0.25) is 5.02 Å². The molecule has 0 heterocycles. The van der Waals surface area contributed by atoms with E-state index in [2.05, 4.69) is 0 Å². The van der Waals surface area contributed by atoms with E-state index < -0.39 is 34.3 Å². The van der Waals surface area contributed by atoms with E-state index in [0.29, 0.717) is 16.4 Å². The van der Waals surface area contributed by atoms with Gasteiger partial charge in [0.15, 0.2) is 0 Å². The number of sulfonamides is 1. The van der Waals surface area contributed by atoms with Crippen molar-refractivity contribution in [1.29, 1.82) is 0 Å². The van der Waals surface area contributed by atoms with Gasteiger partial charge in [-0.15, -0.1) is 0 Å². The third kappa shape index (κ3) is 4.64. The van der Waals surface area contributed by atoms with Gasteiger partial charge in [0.1, 0.15) is 12.3 Å². The average molecular weight is 424 g/mol. The summed E-state index contributed by atoms with van der Waals surface area (Å²) in [5.41, 5.74) is -1.23. The number of carboxylic acids is 1. The Hall–Kier alpha value is -2.46. The number of methoxy groups -OCH3 is 1. The fraction of sp³-hybridized carbons (Fsp3) is 0.188. The highest BCUT2D eigenvalue weighted by molar-refractivity contribution is 7.92. The number of benzene rings is 2. The zero-order valence-electron chi connectivity index (χ0n) is 13.7. The molecule has 0 unspecified atom stereocenters. The zero-order valence-corrected chi connectivity index (χ0v) is 15.3. The summed E-state index contributed by atoms with van der Waals surface area (Å²) >= 11 is 5.91. The molecule has 0 aliphatic carbocycles. The van der Waals surface area contributed by atoms with Crippen LogP contribution in [0.5, 0.6) is 5.75 Å². The van der Waals surface area contributed by atoms with Gasteiger partial charge in [-0.1, -0.05) is 11.6 Å². The van der Waals surface area contributed by atoms with Gasteiger partial charge in [-0.3, -0.25) is 9.10 Å². The summed E-state index contributed by atoms with van der Waals surface area (Å²) in [5.74, 6) is -1.28. The number of aliphatic carboxylic acids is 1. The Morgan fingerprint density at radius 2 is 1.78 bits per heavy atom. The highest BCUT2D eigenvalue weighted by Gasteiger charge is 2.32. The smallest absolute Gasteiger partial charge is 0.416 e. The molecule has 0 aromatic heterocycles. The third-order valence-corrected chi connectivity index (χ3v) is 5.54. The summed E-state index contributed by atoms with van der Waals surface area (Å²) < 4.78 is 69.2. The van der Waals surface area contributed by atoms with Crippen LogP contribution >= 0.6 is 11.6 Å². The molecule has 2 rings (SSSR count). The molecule has 11 heteroatoms. The van der Waals surface area contributed by atoms with Gasteiger partial charge in [0.05, 0.1) is 28.3 Å². The van der Waals surface area contributed by atoms with Crippen molar-refractivity contribution in [2.45, 2.75) is 11.1 Å². The van der Waals surface area contributed by atoms with E-state index in [1.165, 1.54) is 13.2 Å². The van der Waals surface area contributed by atoms with Crippen molar-refractivity contribution in [3.63, 3.8) is 0 Å². The van der Waals surface area contributed by atoms with Crippen LogP contribution in [0, 0.1) is 0 Å². The zero-order chi connectivity index (χ0) is 20.4. The summed E-state index contributed by atoms with van der Waals surface area (Å²) in [6, 6.07) is 6.60. The Bertz CT molecular complexity index is 946. The van der Waals surface area contributed by atoms with E-state index in [1.54, 1.807) is 0 Å². The molecule has 6 nitrogen and oxygen atoms in total. The minimum absolute atomic E-state index is 0.0266. The normalized spacial score (nSPS) is 11.9. The largest absolute Gasteiger partial charge is 0.495 e. The van der Waals surface area contributed by atoms with E-state index in [9.17, 15) is 26.4 Å². The SMILES string of the molecule is COc1ccc(S(=O)(=O)N(CC(=O)O)c2ccc(C(F)(F)F)cc2)cc1Cl. The van der Waals surface area contributed by atoms with Gasteiger partial charge < -0.3 is 9.84 Å². The van der Waals surface area contributed by atoms with Gasteiger partial charge in [-0.05, 0) is 42.5 Å². The van der Waals surface area contributed by atoms with Crippen LogP contribution in [0.4, 0.5) is 18.9 Å². The van der Waals surface area contributed by atoms with Crippen molar-refractivity contribution in [1.82, 2.24) is 0 Å². The first-order valence-corrected chi connectivity index (χ1v) is 9.04. The van der Waals surface area contributed by atoms with Crippen LogP contribution in [-0.4, -0.2) is 33.1 Å². The number of anilines is 1. The highest BCUT2D eigenvalue weighted by atomic mass is 35.5. The average Bonchev–Trinajstić information content (AvgIpc) is 2.58. The van der Waals surface area contributed by atoms with E-state index in [1.807, 2.05) is 0 Å². The number of carboxylic acid groups (broad SMARTS) is 1. The Morgan fingerprint density at radius 1 is 1.19 bits per heavy atom. The Balaban J connectivity index is 2.52. The number of ether oxygens (including phenoxy) is 1. The molecule has 2 aromatic carbocycles. The van der Waals surface area contributed by atoms with Crippen LogP contribution in [0.3, 0.4) is 0 Å². The van der Waals surface area contributed by atoms with E-state index in [0.717, 1.165) is 24.3 Å². The highest BCUT2D eigenvalue weighted by Crippen LogP contribution is 2.33. The van der Waals surface area contributed by atoms with Crippen molar-refractivity contribution in [2.75, 3.05) is 18.0 Å².